The minimum atomic E-state index is -0.295. The quantitative estimate of drug-likeness (QED) is 0.753. The highest BCUT2D eigenvalue weighted by Gasteiger charge is 2.10. The van der Waals surface area contributed by atoms with E-state index in [1.165, 1.54) is 0 Å². The molecule has 0 atom stereocenters. The van der Waals surface area contributed by atoms with Crippen molar-refractivity contribution in [2.24, 2.45) is 0 Å². The zero-order valence-corrected chi connectivity index (χ0v) is 11.7. The molecule has 1 rings (SSSR count). The first-order valence-electron chi connectivity index (χ1n) is 6.26. The Kier molecular flexibility index (Phi) is 6.02. The molecule has 0 aliphatic heterocycles. The fourth-order valence-corrected chi connectivity index (χ4v) is 1.53. The van der Waals surface area contributed by atoms with Crippen LogP contribution in [0.15, 0.2) is 24.3 Å². The number of hydrogen-bond donors (Lipinski definition) is 2. The van der Waals surface area contributed by atoms with Crippen LogP contribution in [0.3, 0.4) is 0 Å². The number of nitrogens with one attached hydrogen (secondary N) is 2. The molecule has 0 aliphatic rings. The number of aryl methyl sites for hydroxylation is 1. The molecule has 5 nitrogen and oxygen atoms in total. The number of amides is 2. The highest BCUT2D eigenvalue weighted by molar-refractivity contribution is 6.03. The number of rotatable bonds is 6. The molecule has 0 radical (unpaired) electrons. The van der Waals surface area contributed by atoms with E-state index in [0.717, 1.165) is 17.8 Å². The Bertz CT molecular complexity index is 444. The van der Waals surface area contributed by atoms with E-state index in [1.807, 2.05) is 50.2 Å². The molecule has 2 amide bonds. The Morgan fingerprint density at radius 2 is 1.84 bits per heavy atom. The summed E-state index contributed by atoms with van der Waals surface area (Å²) >= 11 is 0. The molecule has 0 aliphatic carbocycles. The summed E-state index contributed by atoms with van der Waals surface area (Å²) in [4.78, 5) is 25.2. The van der Waals surface area contributed by atoms with Crippen LogP contribution < -0.4 is 10.6 Å². The highest BCUT2D eigenvalue weighted by atomic mass is 16.2. The fraction of sp³-hybridized carbons (Fsp3) is 0.429. The zero-order valence-electron chi connectivity index (χ0n) is 11.7. The van der Waals surface area contributed by atoms with Gasteiger partial charge >= 0.3 is 0 Å². The maximum absolute atomic E-state index is 11.7. The second-order valence-electron chi connectivity index (χ2n) is 4.69. The lowest BCUT2D eigenvalue weighted by Gasteiger charge is -2.11. The third kappa shape index (κ3) is 6.01. The second-order valence-corrected chi connectivity index (χ2v) is 4.69. The molecule has 1 aromatic carbocycles. The van der Waals surface area contributed by atoms with Gasteiger partial charge in [0, 0.05) is 18.8 Å². The van der Waals surface area contributed by atoms with Gasteiger partial charge in [0.15, 0.2) is 0 Å². The molecular weight excluding hydrogens is 242 g/mol. The molecule has 5 heteroatoms. The SMILES string of the molecule is Cc1ccccc1NC(=O)CC(=O)NCCN(C)C. The van der Waals surface area contributed by atoms with Crippen LogP contribution in [0.4, 0.5) is 5.69 Å². The summed E-state index contributed by atoms with van der Waals surface area (Å²) in [6.45, 7) is 3.21. The molecule has 0 saturated heterocycles. The van der Waals surface area contributed by atoms with E-state index in [9.17, 15) is 9.59 Å². The van der Waals surface area contributed by atoms with Crippen LogP contribution in [-0.2, 0) is 9.59 Å². The molecule has 1 aromatic rings. The lowest BCUT2D eigenvalue weighted by Crippen LogP contribution is -2.33. The van der Waals surface area contributed by atoms with Gasteiger partial charge in [0.2, 0.25) is 11.8 Å². The van der Waals surface area contributed by atoms with Gasteiger partial charge < -0.3 is 15.5 Å². The number of para-hydroxylation sites is 1. The number of benzene rings is 1. The molecule has 0 aromatic heterocycles. The standard InChI is InChI=1S/C14H21N3O2/c1-11-6-4-5-7-12(11)16-14(19)10-13(18)15-8-9-17(2)3/h4-7H,8-10H2,1-3H3,(H,15,18)(H,16,19). The Labute approximate surface area is 114 Å². The summed E-state index contributed by atoms with van der Waals surface area (Å²) in [5.41, 5.74) is 1.72. The second kappa shape index (κ2) is 7.53. The average Bonchev–Trinajstić information content (AvgIpc) is 2.31. The molecule has 0 unspecified atom stereocenters. The summed E-state index contributed by atoms with van der Waals surface area (Å²) in [7, 11) is 3.86. The molecule has 0 heterocycles. The van der Waals surface area contributed by atoms with E-state index >= 15 is 0 Å². The Balaban J connectivity index is 2.35. The van der Waals surface area contributed by atoms with E-state index in [2.05, 4.69) is 10.6 Å². The van der Waals surface area contributed by atoms with Crippen molar-refractivity contribution in [2.75, 3.05) is 32.5 Å². The van der Waals surface area contributed by atoms with Gasteiger partial charge in [-0.2, -0.15) is 0 Å². The summed E-state index contributed by atoms with van der Waals surface area (Å²) in [5.74, 6) is -0.551. The average molecular weight is 263 g/mol. The largest absolute Gasteiger partial charge is 0.354 e. The summed E-state index contributed by atoms with van der Waals surface area (Å²) in [5, 5.41) is 5.43. The van der Waals surface area contributed by atoms with E-state index in [1.54, 1.807) is 0 Å². The molecule has 19 heavy (non-hydrogen) atoms. The fourth-order valence-electron chi connectivity index (χ4n) is 1.53. The minimum absolute atomic E-state index is 0.151. The Hall–Kier alpha value is -1.88. The topological polar surface area (TPSA) is 61.4 Å². The van der Waals surface area contributed by atoms with Crippen molar-refractivity contribution in [1.29, 1.82) is 0 Å². The molecule has 2 N–H and O–H groups in total. The van der Waals surface area contributed by atoms with Crippen LogP contribution in [0.5, 0.6) is 0 Å². The molecular formula is C14H21N3O2. The molecule has 0 saturated carbocycles. The van der Waals surface area contributed by atoms with Gasteiger partial charge in [-0.3, -0.25) is 9.59 Å². The number of anilines is 1. The number of carbonyl (C=O) groups is 2. The van der Waals surface area contributed by atoms with Crippen molar-refractivity contribution >= 4 is 17.5 Å². The van der Waals surface area contributed by atoms with Gasteiger partial charge in [-0.05, 0) is 32.6 Å². The number of likely N-dealkylation sites (N-methyl/N-ethyl adjacent to an activating group) is 1. The van der Waals surface area contributed by atoms with Crippen LogP contribution in [0.1, 0.15) is 12.0 Å². The lowest BCUT2D eigenvalue weighted by molar-refractivity contribution is -0.126. The normalized spacial score (nSPS) is 10.3. The first-order chi connectivity index (χ1) is 8.99. The predicted molar refractivity (Wildman–Crippen MR) is 76.0 cm³/mol. The lowest BCUT2D eigenvalue weighted by atomic mass is 10.2. The number of hydrogen-bond acceptors (Lipinski definition) is 3. The first-order valence-corrected chi connectivity index (χ1v) is 6.26. The summed E-state index contributed by atoms with van der Waals surface area (Å²) < 4.78 is 0. The minimum Gasteiger partial charge on any atom is -0.354 e. The van der Waals surface area contributed by atoms with Gasteiger partial charge in [0.05, 0.1) is 0 Å². The summed E-state index contributed by atoms with van der Waals surface area (Å²) in [6.07, 6.45) is -0.151. The molecule has 0 spiro atoms. The van der Waals surface area contributed by atoms with Crippen molar-refractivity contribution in [2.45, 2.75) is 13.3 Å². The van der Waals surface area contributed by atoms with Crippen LogP contribution in [0.25, 0.3) is 0 Å². The first kappa shape index (κ1) is 15.2. The Morgan fingerprint density at radius 3 is 2.47 bits per heavy atom. The van der Waals surface area contributed by atoms with Crippen LogP contribution >= 0.6 is 0 Å². The number of carbonyl (C=O) groups excluding carboxylic acids is 2. The highest BCUT2D eigenvalue weighted by Crippen LogP contribution is 2.13. The van der Waals surface area contributed by atoms with Crippen LogP contribution in [0.2, 0.25) is 0 Å². The third-order valence-electron chi connectivity index (χ3n) is 2.62. The van der Waals surface area contributed by atoms with Crippen molar-refractivity contribution in [3.05, 3.63) is 29.8 Å². The maximum Gasteiger partial charge on any atom is 0.233 e. The maximum atomic E-state index is 11.7. The van der Waals surface area contributed by atoms with E-state index < -0.39 is 0 Å². The van der Waals surface area contributed by atoms with E-state index in [0.29, 0.717) is 6.54 Å². The van der Waals surface area contributed by atoms with Gasteiger partial charge in [-0.25, -0.2) is 0 Å². The molecule has 0 bridgehead atoms. The van der Waals surface area contributed by atoms with Gasteiger partial charge in [-0.1, -0.05) is 18.2 Å². The number of nitrogens with zero attached hydrogens (tertiary/aromatic N) is 1. The van der Waals surface area contributed by atoms with Gasteiger partial charge in [0.25, 0.3) is 0 Å². The van der Waals surface area contributed by atoms with Crippen molar-refractivity contribution in [3.8, 4) is 0 Å². The van der Waals surface area contributed by atoms with E-state index in [-0.39, 0.29) is 18.2 Å². The molecule has 0 fully saturated rings. The summed E-state index contributed by atoms with van der Waals surface area (Å²) in [6, 6.07) is 7.47. The third-order valence-corrected chi connectivity index (χ3v) is 2.62. The Morgan fingerprint density at radius 1 is 1.16 bits per heavy atom. The van der Waals surface area contributed by atoms with Crippen LogP contribution in [0, 0.1) is 6.92 Å². The predicted octanol–water partition coefficient (Wildman–Crippen LogP) is 1.00. The molecule has 104 valence electrons. The van der Waals surface area contributed by atoms with Crippen molar-refractivity contribution in [1.82, 2.24) is 10.2 Å². The van der Waals surface area contributed by atoms with Gasteiger partial charge in [0.1, 0.15) is 6.42 Å². The zero-order chi connectivity index (χ0) is 14.3. The monoisotopic (exact) mass is 263 g/mol. The smallest absolute Gasteiger partial charge is 0.233 e. The van der Waals surface area contributed by atoms with Crippen molar-refractivity contribution in [3.63, 3.8) is 0 Å². The van der Waals surface area contributed by atoms with Gasteiger partial charge in [-0.15, -0.1) is 0 Å². The van der Waals surface area contributed by atoms with E-state index in [4.69, 9.17) is 0 Å². The van der Waals surface area contributed by atoms with Crippen molar-refractivity contribution < 1.29 is 9.59 Å². The van der Waals surface area contributed by atoms with Crippen LogP contribution in [-0.4, -0.2) is 43.9 Å².